The van der Waals surface area contributed by atoms with Gasteiger partial charge in [-0.2, -0.15) is 18.4 Å². The van der Waals surface area contributed by atoms with Crippen LogP contribution in [-0.4, -0.2) is 16.7 Å². The van der Waals surface area contributed by atoms with Crippen LogP contribution in [0.2, 0.25) is 0 Å². The zero-order valence-corrected chi connectivity index (χ0v) is 8.87. The topological polar surface area (TPSA) is 45.9 Å². The molecular weight excluding hydrogens is 242 g/mol. The van der Waals surface area contributed by atoms with Gasteiger partial charge in [-0.15, -0.1) is 6.42 Å². The van der Waals surface area contributed by atoms with Crippen molar-refractivity contribution in [3.05, 3.63) is 5.56 Å². The lowest BCUT2D eigenvalue weighted by Crippen LogP contribution is -1.95. The molecule has 0 radical (unpaired) electrons. The molecular formula is C8H4F2N2OS2. The zero-order chi connectivity index (χ0) is 11.3. The number of ether oxygens (including phenoxy) is 1. The minimum Gasteiger partial charge on any atom is -0.463 e. The molecule has 0 aromatic carbocycles. The maximum atomic E-state index is 12.1. The normalized spacial score (nSPS) is 9.67. The lowest BCUT2D eigenvalue weighted by molar-refractivity contribution is 0.252. The molecule has 3 nitrogen and oxygen atoms in total. The number of terminal acetylenes is 1. The monoisotopic (exact) mass is 246 g/mol. The molecule has 0 aliphatic carbocycles. The van der Waals surface area contributed by atoms with Gasteiger partial charge in [-0.05, 0) is 23.3 Å². The average Bonchev–Trinajstić information content (AvgIpc) is 2.56. The summed E-state index contributed by atoms with van der Waals surface area (Å²) in [5, 5.41) is 8.73. The number of nitrogens with zero attached hydrogens (tertiary/aromatic N) is 2. The molecule has 0 saturated heterocycles. The second-order valence-corrected chi connectivity index (χ2v) is 4.17. The predicted molar refractivity (Wildman–Crippen MR) is 53.0 cm³/mol. The van der Waals surface area contributed by atoms with Crippen LogP contribution in [-0.2, 0) is 0 Å². The van der Waals surface area contributed by atoms with Gasteiger partial charge in [0.25, 0.3) is 5.76 Å². The SMILES string of the molecule is C#CCOc1nsc(SC(F)F)c1C#N. The fourth-order valence-electron chi connectivity index (χ4n) is 0.725. The Balaban J connectivity index is 2.87. The van der Waals surface area contributed by atoms with E-state index in [0.717, 1.165) is 11.5 Å². The summed E-state index contributed by atoms with van der Waals surface area (Å²) in [5.41, 5.74) is 0.0144. The maximum Gasteiger partial charge on any atom is 0.289 e. The fraction of sp³-hybridized carbons (Fsp3) is 0.250. The second-order valence-electron chi connectivity index (χ2n) is 2.13. The van der Waals surface area contributed by atoms with Crippen LogP contribution in [0.15, 0.2) is 4.21 Å². The van der Waals surface area contributed by atoms with Gasteiger partial charge in [-0.25, -0.2) is 0 Å². The van der Waals surface area contributed by atoms with Crippen molar-refractivity contribution in [2.75, 3.05) is 6.61 Å². The summed E-state index contributed by atoms with van der Waals surface area (Å²) < 4.78 is 32.9. The third kappa shape index (κ3) is 3.08. The van der Waals surface area contributed by atoms with Crippen molar-refractivity contribution in [3.63, 3.8) is 0 Å². The number of hydrogen-bond donors (Lipinski definition) is 0. The Kier molecular flexibility index (Phi) is 4.35. The molecule has 0 fully saturated rings. The van der Waals surface area contributed by atoms with E-state index in [-0.39, 0.29) is 34.0 Å². The number of rotatable bonds is 4. The Morgan fingerprint density at radius 1 is 1.67 bits per heavy atom. The van der Waals surface area contributed by atoms with Crippen molar-refractivity contribution < 1.29 is 13.5 Å². The van der Waals surface area contributed by atoms with Crippen LogP contribution in [0, 0.1) is 23.7 Å². The van der Waals surface area contributed by atoms with Gasteiger partial charge in [0.15, 0.2) is 6.61 Å². The van der Waals surface area contributed by atoms with E-state index in [4.69, 9.17) is 16.4 Å². The van der Waals surface area contributed by atoms with Crippen molar-refractivity contribution >= 4 is 23.3 Å². The van der Waals surface area contributed by atoms with Gasteiger partial charge >= 0.3 is 0 Å². The first-order valence-corrected chi connectivity index (χ1v) is 5.25. The summed E-state index contributed by atoms with van der Waals surface area (Å²) in [6.07, 6.45) is 4.95. The summed E-state index contributed by atoms with van der Waals surface area (Å²) in [5.74, 6) is -0.372. The Morgan fingerprint density at radius 2 is 2.40 bits per heavy atom. The summed E-state index contributed by atoms with van der Waals surface area (Å²) >= 11 is 1.07. The van der Waals surface area contributed by atoms with E-state index in [0.29, 0.717) is 0 Å². The Hall–Kier alpha value is -1.31. The fourth-order valence-corrected chi connectivity index (χ4v) is 2.17. The highest BCUT2D eigenvalue weighted by Crippen LogP contribution is 2.36. The van der Waals surface area contributed by atoms with E-state index in [1.54, 1.807) is 6.07 Å². The molecule has 78 valence electrons. The first-order chi connectivity index (χ1) is 7.19. The molecule has 0 N–H and O–H groups in total. The van der Waals surface area contributed by atoms with Crippen LogP contribution >= 0.6 is 23.3 Å². The summed E-state index contributed by atoms with van der Waals surface area (Å²) in [6.45, 7) is -0.0444. The molecule has 0 saturated carbocycles. The lowest BCUT2D eigenvalue weighted by Gasteiger charge is -1.97. The minimum absolute atomic E-state index is 0.0144. The first kappa shape index (κ1) is 11.8. The van der Waals surface area contributed by atoms with E-state index in [1.165, 1.54) is 0 Å². The Labute approximate surface area is 93.2 Å². The lowest BCUT2D eigenvalue weighted by atomic mass is 10.4. The molecule has 0 aliphatic rings. The van der Waals surface area contributed by atoms with Gasteiger partial charge < -0.3 is 4.74 Å². The Bertz CT molecular complexity index is 419. The smallest absolute Gasteiger partial charge is 0.289 e. The molecule has 0 unspecified atom stereocenters. The number of thioether (sulfide) groups is 1. The molecule has 0 aliphatic heterocycles. The van der Waals surface area contributed by atoms with Crippen LogP contribution in [0.4, 0.5) is 8.78 Å². The molecule has 1 aromatic heterocycles. The Morgan fingerprint density at radius 3 is 2.93 bits per heavy atom. The molecule has 0 bridgehead atoms. The predicted octanol–water partition coefficient (Wildman–Crippen LogP) is 2.34. The van der Waals surface area contributed by atoms with E-state index in [2.05, 4.69) is 10.3 Å². The van der Waals surface area contributed by atoms with Crippen molar-refractivity contribution in [1.82, 2.24) is 4.37 Å². The number of aromatic nitrogens is 1. The zero-order valence-electron chi connectivity index (χ0n) is 7.24. The van der Waals surface area contributed by atoms with Crippen molar-refractivity contribution in [2.24, 2.45) is 0 Å². The molecule has 0 spiro atoms. The van der Waals surface area contributed by atoms with Crippen molar-refractivity contribution in [3.8, 4) is 24.3 Å². The first-order valence-electron chi connectivity index (χ1n) is 3.60. The number of alkyl halides is 2. The van der Waals surface area contributed by atoms with E-state index < -0.39 is 5.76 Å². The van der Waals surface area contributed by atoms with E-state index >= 15 is 0 Å². The van der Waals surface area contributed by atoms with Gasteiger partial charge in [-0.3, -0.25) is 0 Å². The number of hydrogen-bond acceptors (Lipinski definition) is 5. The van der Waals surface area contributed by atoms with Gasteiger partial charge in [-0.1, -0.05) is 5.92 Å². The maximum absolute atomic E-state index is 12.1. The van der Waals surface area contributed by atoms with E-state index in [1.807, 2.05) is 0 Å². The third-order valence-electron chi connectivity index (χ3n) is 1.23. The quantitative estimate of drug-likeness (QED) is 0.604. The standard InChI is InChI=1S/C8H4F2N2OS2/c1-2-3-13-6-5(4-11)7(15-12-6)14-8(9)10/h1,8H,3H2. The summed E-state index contributed by atoms with van der Waals surface area (Å²) in [7, 11) is 0. The van der Waals surface area contributed by atoms with E-state index in [9.17, 15) is 8.78 Å². The highest BCUT2D eigenvalue weighted by molar-refractivity contribution is 8.01. The molecule has 15 heavy (non-hydrogen) atoms. The summed E-state index contributed by atoms with van der Waals surface area (Å²) in [4.78, 5) is 0. The average molecular weight is 246 g/mol. The van der Waals surface area contributed by atoms with Gasteiger partial charge in [0.1, 0.15) is 15.8 Å². The summed E-state index contributed by atoms with van der Waals surface area (Å²) in [6, 6.07) is 1.76. The van der Waals surface area contributed by atoms with Crippen LogP contribution in [0.5, 0.6) is 5.88 Å². The van der Waals surface area contributed by atoms with Crippen LogP contribution in [0.3, 0.4) is 0 Å². The van der Waals surface area contributed by atoms with Crippen molar-refractivity contribution in [1.29, 1.82) is 5.26 Å². The number of halogens is 2. The van der Waals surface area contributed by atoms with Gasteiger partial charge in [0.2, 0.25) is 5.88 Å². The van der Waals surface area contributed by atoms with Crippen LogP contribution in [0.25, 0.3) is 0 Å². The van der Waals surface area contributed by atoms with Crippen LogP contribution in [0.1, 0.15) is 5.56 Å². The molecule has 0 amide bonds. The third-order valence-corrected chi connectivity index (χ3v) is 2.97. The highest BCUT2D eigenvalue weighted by Gasteiger charge is 2.18. The molecule has 7 heteroatoms. The largest absolute Gasteiger partial charge is 0.463 e. The van der Waals surface area contributed by atoms with Crippen molar-refractivity contribution in [2.45, 2.75) is 9.97 Å². The van der Waals surface area contributed by atoms with Gasteiger partial charge in [0.05, 0.1) is 0 Å². The molecule has 1 heterocycles. The minimum atomic E-state index is -2.59. The van der Waals surface area contributed by atoms with Crippen LogP contribution < -0.4 is 4.74 Å². The molecule has 1 rings (SSSR count). The molecule has 1 aromatic rings. The van der Waals surface area contributed by atoms with Gasteiger partial charge in [0, 0.05) is 0 Å². The second kappa shape index (κ2) is 5.54. The number of nitriles is 1. The molecule has 0 atom stereocenters. The highest BCUT2D eigenvalue weighted by atomic mass is 32.2.